The molecule has 0 bridgehead atoms. The molecule has 2 aliphatic rings. The number of morpholine rings is 2. The monoisotopic (exact) mass is 1100 g/mol. The van der Waals surface area contributed by atoms with Crippen LogP contribution in [0.2, 0.25) is 104 Å². The van der Waals surface area contributed by atoms with Gasteiger partial charge in [0.2, 0.25) is 0 Å². The third-order valence-electron chi connectivity index (χ3n) is 9.58. The van der Waals surface area contributed by atoms with Gasteiger partial charge in [-0.15, -0.1) is 0 Å². The van der Waals surface area contributed by atoms with Crippen LogP contribution in [0, 0.1) is 0 Å². The van der Waals surface area contributed by atoms with Crippen LogP contribution in [0.1, 0.15) is 12.8 Å². The molecule has 20 nitrogen and oxygen atoms in total. The van der Waals surface area contributed by atoms with Crippen molar-refractivity contribution in [2.24, 2.45) is 11.5 Å². The Kier molecular flexibility index (Phi) is 24.4. The molecular formula is C34H93BN6O14Si10. The Labute approximate surface area is 407 Å². The van der Waals surface area contributed by atoms with E-state index in [4.69, 9.17) is 70.4 Å². The number of hydrogen-bond donors (Lipinski definition) is 7. The van der Waals surface area contributed by atoms with E-state index in [0.717, 1.165) is 25.9 Å². The average molecular weight is 1100 g/mol. The molecule has 0 aromatic heterocycles. The Morgan fingerprint density at radius 2 is 0.908 bits per heavy atom. The second-order valence-electron chi connectivity index (χ2n) is 20.8. The van der Waals surface area contributed by atoms with Crippen LogP contribution in [0.25, 0.3) is 0 Å². The first kappa shape index (κ1) is 59.0. The van der Waals surface area contributed by atoms with Crippen LogP contribution < -0.4 is 22.1 Å². The Morgan fingerprint density at radius 1 is 0.538 bits per heavy atom. The van der Waals surface area contributed by atoms with Crippen LogP contribution in [-0.2, 0) is 46.5 Å². The number of nitrogens with one attached hydrogen (secondary N) is 2. The fourth-order valence-electron chi connectivity index (χ4n) is 8.21. The van der Waals surface area contributed by atoms with Gasteiger partial charge in [0.25, 0.3) is 0 Å². The van der Waals surface area contributed by atoms with Crippen LogP contribution in [0.3, 0.4) is 0 Å². The van der Waals surface area contributed by atoms with Gasteiger partial charge in [0.05, 0.1) is 38.8 Å². The predicted octanol–water partition coefficient (Wildman–Crippen LogP) is 0.598. The third-order valence-corrected chi connectivity index (χ3v) is 45.2. The van der Waals surface area contributed by atoms with Crippen LogP contribution >= 0.6 is 0 Å². The first-order chi connectivity index (χ1) is 30.8. The van der Waals surface area contributed by atoms with Crippen molar-refractivity contribution in [1.29, 1.82) is 2.86 Å². The molecule has 2 heterocycles. The number of hydrogen-bond acceptors (Lipinski definition) is 20. The Morgan fingerprint density at radius 3 is 1.28 bits per heavy atom. The first-order valence-corrected chi connectivity index (χ1v) is 49.9. The van der Waals surface area contributed by atoms with Crippen molar-refractivity contribution in [3.05, 3.63) is 0 Å². The van der Waals surface area contributed by atoms with Crippen molar-refractivity contribution in [2.45, 2.75) is 117 Å². The molecule has 0 spiro atoms. The fraction of sp³-hybridized carbons (Fsp3) is 1.00. The number of rotatable bonds is 36. The lowest BCUT2D eigenvalue weighted by atomic mass is 10.5. The van der Waals surface area contributed by atoms with Crippen LogP contribution in [0.5, 0.6) is 0 Å². The molecule has 0 aromatic rings. The van der Waals surface area contributed by atoms with E-state index in [0.29, 0.717) is 97.0 Å². The minimum Gasteiger partial charge on any atom is -0.423 e. The molecule has 0 saturated carbocycles. The van der Waals surface area contributed by atoms with Crippen molar-refractivity contribution >= 4 is 93.2 Å². The lowest BCUT2D eigenvalue weighted by molar-refractivity contribution is 0.0348. The molecule has 9 N–H and O–H groups in total. The molecule has 0 aromatic carbocycles. The van der Waals surface area contributed by atoms with E-state index in [9.17, 15) is 4.80 Å². The lowest BCUT2D eigenvalue weighted by Gasteiger charge is -2.48. The van der Waals surface area contributed by atoms with Gasteiger partial charge in [0, 0.05) is 52.4 Å². The molecule has 2 aliphatic heterocycles. The molecular weight excluding hydrogens is 1010 g/mol. The zero-order valence-corrected chi connectivity index (χ0v) is 52.9. The third kappa shape index (κ3) is 27.7. The van der Waals surface area contributed by atoms with Gasteiger partial charge in [-0.1, -0.05) is 13.1 Å². The molecule has 2 saturated heterocycles. The molecule has 0 aliphatic carbocycles. The first-order valence-electron chi connectivity index (χ1n) is 24.3. The largest absolute Gasteiger partial charge is 0.495 e. The highest BCUT2D eigenvalue weighted by Gasteiger charge is 2.59. The van der Waals surface area contributed by atoms with Gasteiger partial charge in [-0.2, -0.15) is 0 Å². The highest BCUT2D eigenvalue weighted by Crippen LogP contribution is 2.34. The molecule has 2 fully saturated rings. The second-order valence-corrected chi connectivity index (χ2v) is 55.3. The summed E-state index contributed by atoms with van der Waals surface area (Å²) in [5.41, 5.74) is 11.5. The molecule has 65 heavy (non-hydrogen) atoms. The number of nitrogens with zero attached hydrogens (tertiary/aromatic N) is 2. The van der Waals surface area contributed by atoms with Crippen LogP contribution in [-0.4, -0.2) is 224 Å². The Balaban J connectivity index is 2.67. The number of ether oxygens (including phenoxy) is 2. The van der Waals surface area contributed by atoms with Gasteiger partial charge in [0.1, 0.15) is 15.6 Å². The van der Waals surface area contributed by atoms with E-state index in [-0.39, 0.29) is 6.17 Å². The quantitative estimate of drug-likeness (QED) is 0.0336. The summed E-state index contributed by atoms with van der Waals surface area (Å²) in [6, 6.07) is 1.24. The maximum atomic E-state index is 13.1. The van der Waals surface area contributed by atoms with Crippen molar-refractivity contribution in [3.8, 4) is 0 Å². The summed E-state index contributed by atoms with van der Waals surface area (Å²) in [5.74, 6) is 0. The summed E-state index contributed by atoms with van der Waals surface area (Å²) in [4.78, 5) is 27.8. The SMILES string of the molecule is [2H]O[Si](C)(C)O[Si](C)(CCCNCCN)O[Si](C)(C)O[Si](O)(CN1CCOCC1)O[Si](C)(C)O[Si](CN1CCOCC1)(O[Si](B)(C)C)O[Si](C)(C)O[Si](C)(CCCNCCN)O[Si](C)(C)O[2H]. The van der Waals surface area contributed by atoms with Gasteiger partial charge in [-0.25, -0.2) is 0 Å². The molecule has 4 unspecified atom stereocenters. The van der Waals surface area contributed by atoms with Gasteiger partial charge in [-0.05, 0) is 117 Å². The smallest absolute Gasteiger partial charge is 0.423 e. The Hall–Kier alpha value is 1.43. The highest BCUT2D eigenvalue weighted by atomic mass is 28.5. The van der Waals surface area contributed by atoms with Gasteiger partial charge >= 0.3 is 77.5 Å². The minimum atomic E-state index is -4.24. The van der Waals surface area contributed by atoms with E-state index in [1.54, 1.807) is 0 Å². The predicted molar refractivity (Wildman–Crippen MR) is 282 cm³/mol. The van der Waals surface area contributed by atoms with E-state index in [2.05, 4.69) is 41.0 Å². The standard InChI is InChI=1S/C34H93BN6O14Si10/c1-56(2,35)47-65(34-41-25-29-46-30-26-41,54-60(9,10)51-63(14,49-58(5,6)43)32-16-20-39-22-18-37)55-61(11,12)53-64(44,33-40-23-27-45-28-24-40)52-59(7,8)50-62(13,48-57(3,4)42)31-15-19-38-21-17-36/h38-39,42-44H,15-37H2,1-14H3/i42D,43D. The van der Waals surface area contributed by atoms with Gasteiger partial charge in [-0.3, -0.25) is 9.80 Å². The molecule has 386 valence electrons. The van der Waals surface area contributed by atoms with Crippen molar-refractivity contribution in [3.63, 3.8) is 0 Å². The molecule has 31 heteroatoms. The van der Waals surface area contributed by atoms with Crippen molar-refractivity contribution in [2.75, 3.05) is 104 Å². The lowest BCUT2D eigenvalue weighted by Crippen LogP contribution is -2.71. The molecule has 2 rings (SSSR count). The van der Waals surface area contributed by atoms with Crippen LogP contribution in [0.15, 0.2) is 0 Å². The summed E-state index contributed by atoms with van der Waals surface area (Å²) < 4.78 is 90.9. The summed E-state index contributed by atoms with van der Waals surface area (Å²) in [6.07, 6.45) is 2.01. The normalized spacial score (nSPS) is 21.2. The fourth-order valence-corrected chi connectivity index (χ4v) is 51.9. The van der Waals surface area contributed by atoms with E-state index in [1.165, 1.54) is 0 Å². The molecule has 0 radical (unpaired) electrons. The zero-order valence-electron chi connectivity index (χ0n) is 44.9. The van der Waals surface area contributed by atoms with Crippen molar-refractivity contribution < 1.29 is 60.9 Å². The Bertz CT molecular complexity index is 1430. The summed E-state index contributed by atoms with van der Waals surface area (Å²) in [7, 11) is -30.5. The average Bonchev–Trinajstić information content (AvgIpc) is 3.15. The van der Waals surface area contributed by atoms with Crippen LogP contribution in [0.4, 0.5) is 0 Å². The second kappa shape index (κ2) is 26.9. The van der Waals surface area contributed by atoms with E-state index in [1.807, 2.05) is 78.6 Å². The summed E-state index contributed by atoms with van der Waals surface area (Å²) >= 11 is 0. The summed E-state index contributed by atoms with van der Waals surface area (Å²) in [6.45, 7) is 35.8. The summed E-state index contributed by atoms with van der Waals surface area (Å²) in [5, 5.41) is 6.72. The van der Waals surface area contributed by atoms with E-state index < -0.39 is 85.7 Å². The maximum Gasteiger partial charge on any atom is 0.495 e. The van der Waals surface area contributed by atoms with Crippen molar-refractivity contribution in [1.82, 2.24) is 20.4 Å². The topological polar surface area (TPSA) is 245 Å². The molecule has 4 atom stereocenters. The van der Waals surface area contributed by atoms with Gasteiger partial charge < -0.3 is 83.0 Å². The van der Waals surface area contributed by atoms with Gasteiger partial charge in [0.15, 0.2) is 2.86 Å². The minimum absolute atomic E-state index is 0.129. The highest BCUT2D eigenvalue weighted by molar-refractivity contribution is 7.14. The molecule has 0 amide bonds. The maximum absolute atomic E-state index is 13.1. The zero-order chi connectivity index (χ0) is 50.9. The van der Waals surface area contributed by atoms with E-state index >= 15 is 0 Å². The number of nitrogens with two attached hydrogens (primary N) is 2.